The molecule has 160 valence electrons. The maximum Gasteiger partial charge on any atom is 0.119 e. The van der Waals surface area contributed by atoms with Gasteiger partial charge < -0.3 is 19.5 Å². The first-order valence-corrected chi connectivity index (χ1v) is 10.5. The van der Waals surface area contributed by atoms with Gasteiger partial charge in [-0.2, -0.15) is 0 Å². The zero-order valence-corrected chi connectivity index (χ0v) is 18.8. The van der Waals surface area contributed by atoms with E-state index in [2.05, 4.69) is 82.5 Å². The van der Waals surface area contributed by atoms with Crippen LogP contribution in [0.5, 0.6) is 5.75 Å². The quantitative estimate of drug-likeness (QED) is 0.704. The monoisotopic (exact) mass is 399 g/mol. The molecular formula is C25H37NO3. The van der Waals surface area contributed by atoms with E-state index >= 15 is 0 Å². The molecule has 4 heteroatoms. The van der Waals surface area contributed by atoms with Crippen LogP contribution in [0.2, 0.25) is 0 Å². The van der Waals surface area contributed by atoms with Gasteiger partial charge in [0.15, 0.2) is 0 Å². The summed E-state index contributed by atoms with van der Waals surface area (Å²) in [5.41, 5.74) is 2.78. The van der Waals surface area contributed by atoms with Gasteiger partial charge in [-0.25, -0.2) is 0 Å². The molecule has 0 fully saturated rings. The van der Waals surface area contributed by atoms with Crippen LogP contribution in [-0.2, 0) is 4.79 Å². The van der Waals surface area contributed by atoms with Gasteiger partial charge in [0.2, 0.25) is 0 Å². The lowest BCUT2D eigenvalue weighted by Crippen LogP contribution is -3.06. The Hall–Kier alpha value is -2.33. The predicted octanol–water partition coefficient (Wildman–Crippen LogP) is 3.25. The fourth-order valence-electron chi connectivity index (χ4n) is 3.02. The predicted molar refractivity (Wildman–Crippen MR) is 117 cm³/mol. The van der Waals surface area contributed by atoms with E-state index in [1.54, 1.807) is 13.8 Å². The van der Waals surface area contributed by atoms with Crippen molar-refractivity contribution >= 4 is 5.97 Å². The summed E-state index contributed by atoms with van der Waals surface area (Å²) >= 11 is 0. The van der Waals surface area contributed by atoms with Crippen LogP contribution in [0.15, 0.2) is 54.6 Å². The number of quaternary nitrogens is 1. The molecule has 0 radical (unpaired) electrons. The van der Waals surface area contributed by atoms with E-state index in [0.717, 1.165) is 25.2 Å². The summed E-state index contributed by atoms with van der Waals surface area (Å²) in [6, 6.07) is 19.9. The second kappa shape index (κ2) is 13.0. The Morgan fingerprint density at radius 1 is 1.00 bits per heavy atom. The van der Waals surface area contributed by atoms with Crippen LogP contribution < -0.4 is 14.7 Å². The molecule has 4 nitrogen and oxygen atoms in total. The number of carbonyl (C=O) groups excluding carboxylic acids is 1. The summed E-state index contributed by atoms with van der Waals surface area (Å²) < 4.78 is 5.81. The maximum atomic E-state index is 9.59. The van der Waals surface area contributed by atoms with Crippen molar-refractivity contribution in [2.45, 2.75) is 52.5 Å². The van der Waals surface area contributed by atoms with Gasteiger partial charge in [0.1, 0.15) is 11.8 Å². The fraction of sp³-hybridized carbons (Fsp3) is 0.480. The smallest absolute Gasteiger partial charge is 0.119 e. The van der Waals surface area contributed by atoms with Crippen molar-refractivity contribution in [2.24, 2.45) is 5.92 Å². The average Bonchev–Trinajstić information content (AvgIpc) is 2.71. The number of ether oxygens (including phenoxy) is 1. The van der Waals surface area contributed by atoms with Crippen molar-refractivity contribution in [3.63, 3.8) is 0 Å². The zero-order valence-electron chi connectivity index (χ0n) is 18.8. The Morgan fingerprint density at radius 3 is 2.10 bits per heavy atom. The molecule has 0 aliphatic carbocycles. The molecule has 2 rings (SSSR count). The Morgan fingerprint density at radius 2 is 1.59 bits per heavy atom. The third-order valence-corrected chi connectivity index (χ3v) is 4.86. The van der Waals surface area contributed by atoms with Gasteiger partial charge in [0.05, 0.1) is 20.7 Å². The van der Waals surface area contributed by atoms with Crippen molar-refractivity contribution < 1.29 is 19.5 Å². The van der Waals surface area contributed by atoms with Crippen LogP contribution in [0, 0.1) is 5.92 Å². The number of benzene rings is 2. The second-order valence-electron chi connectivity index (χ2n) is 8.07. The topological polar surface area (TPSA) is 53.8 Å². The molecule has 2 aromatic carbocycles. The Kier molecular flexibility index (Phi) is 11.1. The number of carboxylic acid groups (broad SMARTS) is 1. The van der Waals surface area contributed by atoms with E-state index < -0.39 is 5.97 Å². The number of carboxylic acids is 1. The van der Waals surface area contributed by atoms with Crippen molar-refractivity contribution in [3.8, 4) is 5.75 Å². The van der Waals surface area contributed by atoms with Crippen molar-refractivity contribution in [3.05, 3.63) is 65.7 Å². The fourth-order valence-corrected chi connectivity index (χ4v) is 3.02. The molecule has 1 N–H and O–H groups in total. The van der Waals surface area contributed by atoms with Gasteiger partial charge in [-0.05, 0) is 36.0 Å². The lowest BCUT2D eigenvalue weighted by Gasteiger charge is -2.25. The number of rotatable bonds is 9. The average molecular weight is 400 g/mol. The van der Waals surface area contributed by atoms with E-state index in [0.29, 0.717) is 12.0 Å². The second-order valence-corrected chi connectivity index (χ2v) is 8.07. The molecule has 2 unspecified atom stereocenters. The molecule has 0 aliphatic heterocycles. The molecule has 0 heterocycles. The molecule has 2 aromatic rings. The van der Waals surface area contributed by atoms with Gasteiger partial charge in [0, 0.05) is 18.0 Å². The number of hydrogen-bond acceptors (Lipinski definition) is 3. The highest BCUT2D eigenvalue weighted by atomic mass is 16.5. The van der Waals surface area contributed by atoms with E-state index in [1.165, 1.54) is 16.0 Å². The minimum Gasteiger partial charge on any atom is -0.550 e. The molecule has 0 amide bonds. The van der Waals surface area contributed by atoms with Crippen LogP contribution in [-0.4, -0.2) is 26.7 Å². The van der Waals surface area contributed by atoms with Crippen LogP contribution >= 0.6 is 0 Å². The van der Waals surface area contributed by atoms with E-state index in [-0.39, 0.29) is 5.92 Å². The van der Waals surface area contributed by atoms with Crippen LogP contribution in [0.25, 0.3) is 0 Å². The normalized spacial score (nSPS) is 12.8. The molecular weight excluding hydrogens is 362 g/mol. The van der Waals surface area contributed by atoms with E-state index in [9.17, 15) is 9.90 Å². The SMILES string of the molecule is CC(C)C(=O)[O-].CCCOc1cccc(C(CC(C)c2ccccc2)[NH+](C)C)c1. The van der Waals surface area contributed by atoms with Crippen molar-refractivity contribution in [2.75, 3.05) is 20.7 Å². The number of aliphatic carboxylic acids is 1. The van der Waals surface area contributed by atoms with Gasteiger partial charge in [-0.3, -0.25) is 0 Å². The highest BCUT2D eigenvalue weighted by molar-refractivity contribution is 5.66. The first kappa shape index (κ1) is 24.7. The summed E-state index contributed by atoms with van der Waals surface area (Å²) in [5, 5.41) is 9.59. The summed E-state index contributed by atoms with van der Waals surface area (Å²) in [4.78, 5) is 11.0. The van der Waals surface area contributed by atoms with Gasteiger partial charge in [-0.1, -0.05) is 70.2 Å². The number of nitrogens with one attached hydrogen (secondary N) is 1. The molecule has 0 aliphatic rings. The summed E-state index contributed by atoms with van der Waals surface area (Å²) in [6.07, 6.45) is 2.17. The maximum absolute atomic E-state index is 9.59. The Bertz CT molecular complexity index is 713. The van der Waals surface area contributed by atoms with Gasteiger partial charge in [-0.15, -0.1) is 0 Å². The summed E-state index contributed by atoms with van der Waals surface area (Å²) in [7, 11) is 4.48. The molecule has 0 spiro atoms. The van der Waals surface area contributed by atoms with Crippen molar-refractivity contribution in [1.29, 1.82) is 0 Å². The molecule has 29 heavy (non-hydrogen) atoms. The van der Waals surface area contributed by atoms with Crippen LogP contribution in [0.1, 0.15) is 63.6 Å². The molecule has 2 atom stereocenters. The van der Waals surface area contributed by atoms with Crippen LogP contribution in [0.4, 0.5) is 0 Å². The molecule has 0 aromatic heterocycles. The third kappa shape index (κ3) is 9.14. The lowest BCUT2D eigenvalue weighted by molar-refractivity contribution is -0.893. The Labute approximate surface area is 176 Å². The highest BCUT2D eigenvalue weighted by Gasteiger charge is 2.22. The largest absolute Gasteiger partial charge is 0.550 e. The van der Waals surface area contributed by atoms with Gasteiger partial charge in [0.25, 0.3) is 0 Å². The first-order valence-electron chi connectivity index (χ1n) is 10.5. The third-order valence-electron chi connectivity index (χ3n) is 4.86. The van der Waals surface area contributed by atoms with E-state index in [1.807, 2.05) is 0 Å². The molecule has 0 saturated heterocycles. The number of carbonyl (C=O) groups is 1. The minimum absolute atomic E-state index is 0.343. The summed E-state index contributed by atoms with van der Waals surface area (Å²) in [6.45, 7) is 8.40. The minimum atomic E-state index is -0.991. The van der Waals surface area contributed by atoms with Crippen molar-refractivity contribution in [1.82, 2.24) is 0 Å². The molecule has 0 saturated carbocycles. The van der Waals surface area contributed by atoms with E-state index in [4.69, 9.17) is 4.74 Å². The van der Waals surface area contributed by atoms with Crippen LogP contribution in [0.3, 0.4) is 0 Å². The highest BCUT2D eigenvalue weighted by Crippen LogP contribution is 2.27. The zero-order chi connectivity index (χ0) is 21.8. The number of hydrogen-bond donors (Lipinski definition) is 1. The lowest BCUT2D eigenvalue weighted by atomic mass is 9.90. The standard InChI is InChI=1S/C21H29NO.C4H8O2/c1-5-14-23-20-13-9-12-19(16-20)21(22(3)4)15-17(2)18-10-7-6-8-11-18;1-3(2)4(5)6/h6-13,16-17,21H,5,14-15H2,1-4H3;3H,1-2H3,(H,5,6). The van der Waals surface area contributed by atoms with Gasteiger partial charge >= 0.3 is 0 Å². The molecule has 0 bridgehead atoms. The Balaban J connectivity index is 0.000000612. The summed E-state index contributed by atoms with van der Waals surface area (Å²) in [5.74, 6) is 0.194. The first-order chi connectivity index (χ1) is 13.8.